The van der Waals surface area contributed by atoms with Crippen molar-refractivity contribution in [2.45, 2.75) is 19.8 Å². The zero-order chi connectivity index (χ0) is 24.5. The van der Waals surface area contributed by atoms with Crippen LogP contribution in [0, 0.1) is 6.92 Å². The first kappa shape index (κ1) is 24.7. The Morgan fingerprint density at radius 2 is 1.47 bits per heavy atom. The quantitative estimate of drug-likeness (QED) is 0.263. The van der Waals surface area contributed by atoms with Crippen LogP contribution in [0.3, 0.4) is 0 Å². The van der Waals surface area contributed by atoms with Crippen molar-refractivity contribution in [1.82, 2.24) is 0 Å². The Bertz CT molecular complexity index is 1190. The number of ketones is 1. The van der Waals surface area contributed by atoms with Gasteiger partial charge in [0.05, 0.1) is 22.7 Å². The van der Waals surface area contributed by atoms with Gasteiger partial charge in [-0.15, -0.1) is 0 Å². The molecule has 0 spiro atoms. The summed E-state index contributed by atoms with van der Waals surface area (Å²) in [6.45, 7) is 1.45. The summed E-state index contributed by atoms with van der Waals surface area (Å²) in [5.41, 5.74) is 2.18. The third kappa shape index (κ3) is 7.28. The number of Topliss-reactive ketones (excluding diaryl/α,β-unsaturated/α-hetero) is 1. The minimum atomic E-state index is -0.675. The molecule has 174 valence electrons. The molecule has 3 rings (SSSR count). The van der Waals surface area contributed by atoms with Crippen molar-refractivity contribution in [2.24, 2.45) is 0 Å². The molecule has 0 aliphatic heterocycles. The smallest absolute Gasteiger partial charge is 0.343 e. The first-order valence-corrected chi connectivity index (χ1v) is 10.8. The van der Waals surface area contributed by atoms with Gasteiger partial charge in [0, 0.05) is 12.0 Å². The lowest BCUT2D eigenvalue weighted by Crippen LogP contribution is -2.17. The summed E-state index contributed by atoms with van der Waals surface area (Å²) in [5.74, 6) is -1.72. The van der Waals surface area contributed by atoms with Crippen molar-refractivity contribution in [3.8, 4) is 5.75 Å². The lowest BCUT2D eigenvalue weighted by Gasteiger charge is -2.08. The Balaban J connectivity index is 1.42. The predicted octanol–water partition coefficient (Wildman–Crippen LogP) is 5.01. The molecular weight excluding hydrogens is 458 g/mol. The molecule has 3 aromatic carbocycles. The van der Waals surface area contributed by atoms with Crippen LogP contribution in [0.15, 0.2) is 72.8 Å². The van der Waals surface area contributed by atoms with Crippen LogP contribution in [-0.4, -0.2) is 30.2 Å². The molecule has 1 amide bonds. The third-order valence-corrected chi connectivity index (χ3v) is 5.07. The van der Waals surface area contributed by atoms with E-state index in [2.05, 4.69) is 5.32 Å². The van der Waals surface area contributed by atoms with Crippen molar-refractivity contribution < 1.29 is 28.7 Å². The average Bonchev–Trinajstić information content (AvgIpc) is 2.83. The van der Waals surface area contributed by atoms with Crippen LogP contribution in [-0.2, 0) is 14.3 Å². The lowest BCUT2D eigenvalue weighted by molar-refractivity contribution is -0.143. The molecule has 0 fully saturated rings. The minimum absolute atomic E-state index is 0.112. The summed E-state index contributed by atoms with van der Waals surface area (Å²) in [5, 5.41) is 3.00. The number of nitrogens with one attached hydrogen (secondary N) is 1. The number of halogens is 1. The Morgan fingerprint density at radius 3 is 2.15 bits per heavy atom. The first-order valence-electron chi connectivity index (χ1n) is 10.4. The maximum absolute atomic E-state index is 12.3. The molecule has 0 radical (unpaired) electrons. The normalized spacial score (nSPS) is 10.3. The van der Waals surface area contributed by atoms with E-state index >= 15 is 0 Å². The zero-order valence-corrected chi connectivity index (χ0v) is 19.1. The van der Waals surface area contributed by atoms with Crippen molar-refractivity contribution in [1.29, 1.82) is 0 Å². The molecule has 0 atom stereocenters. The third-order valence-electron chi connectivity index (χ3n) is 4.74. The summed E-state index contributed by atoms with van der Waals surface area (Å²) in [6.07, 6.45) is -0.295. The van der Waals surface area contributed by atoms with Crippen molar-refractivity contribution >= 4 is 40.9 Å². The van der Waals surface area contributed by atoms with Crippen LogP contribution < -0.4 is 10.1 Å². The highest BCUT2D eigenvalue weighted by Gasteiger charge is 2.14. The highest BCUT2D eigenvalue weighted by Crippen LogP contribution is 2.20. The van der Waals surface area contributed by atoms with E-state index in [1.54, 1.807) is 36.4 Å². The molecule has 0 aliphatic rings. The second-order valence-electron chi connectivity index (χ2n) is 7.39. The number of carbonyl (C=O) groups excluding carboxylic acids is 4. The molecule has 3 aromatic rings. The van der Waals surface area contributed by atoms with E-state index in [1.807, 2.05) is 19.1 Å². The molecule has 1 N–H and O–H groups in total. The van der Waals surface area contributed by atoms with Gasteiger partial charge in [-0.2, -0.15) is 0 Å². The molecule has 0 unspecified atom stereocenters. The maximum atomic E-state index is 12.3. The number of esters is 2. The van der Waals surface area contributed by atoms with Crippen LogP contribution in [0.2, 0.25) is 5.02 Å². The van der Waals surface area contributed by atoms with Gasteiger partial charge in [0.1, 0.15) is 5.75 Å². The largest absolute Gasteiger partial charge is 0.457 e. The van der Waals surface area contributed by atoms with Crippen LogP contribution in [0.5, 0.6) is 5.75 Å². The van der Waals surface area contributed by atoms with Gasteiger partial charge in [-0.25, -0.2) is 4.79 Å². The summed E-state index contributed by atoms with van der Waals surface area (Å²) < 4.78 is 10.3. The summed E-state index contributed by atoms with van der Waals surface area (Å²) in [4.78, 5) is 48.3. The molecule has 0 bridgehead atoms. The summed E-state index contributed by atoms with van der Waals surface area (Å²) >= 11 is 5.97. The lowest BCUT2D eigenvalue weighted by atomic mass is 10.1. The summed E-state index contributed by atoms with van der Waals surface area (Å²) in [7, 11) is 0. The van der Waals surface area contributed by atoms with Crippen LogP contribution in [0.1, 0.15) is 39.1 Å². The standard InChI is InChI=1S/C26H22ClNO6/c1-17-6-8-19(9-7-17)26(32)34-20-12-10-18(11-13-20)23(29)16-33-25(31)15-14-24(30)28-22-5-3-2-4-21(22)27/h2-13H,14-16H2,1H3,(H,28,30). The molecule has 0 saturated carbocycles. The SMILES string of the molecule is Cc1ccc(C(=O)Oc2ccc(C(=O)COC(=O)CCC(=O)Nc3ccccc3Cl)cc2)cc1. The van der Waals surface area contributed by atoms with E-state index < -0.39 is 30.2 Å². The molecule has 7 nitrogen and oxygen atoms in total. The van der Waals surface area contributed by atoms with Gasteiger partial charge in [-0.3, -0.25) is 14.4 Å². The molecule has 0 aliphatic carbocycles. The monoisotopic (exact) mass is 479 g/mol. The summed E-state index contributed by atoms with van der Waals surface area (Å²) in [6, 6.07) is 19.6. The Hall–Kier alpha value is -3.97. The Labute approximate surface area is 201 Å². The Kier molecular flexibility index (Phi) is 8.54. The van der Waals surface area contributed by atoms with Gasteiger partial charge in [-0.05, 0) is 55.5 Å². The van der Waals surface area contributed by atoms with E-state index in [-0.39, 0.29) is 18.6 Å². The van der Waals surface area contributed by atoms with Crippen molar-refractivity contribution in [3.05, 3.63) is 94.5 Å². The van der Waals surface area contributed by atoms with E-state index in [9.17, 15) is 19.2 Å². The van der Waals surface area contributed by atoms with E-state index in [1.165, 1.54) is 24.3 Å². The topological polar surface area (TPSA) is 98.8 Å². The molecule has 34 heavy (non-hydrogen) atoms. The highest BCUT2D eigenvalue weighted by molar-refractivity contribution is 6.33. The molecule has 0 heterocycles. The first-order chi connectivity index (χ1) is 16.3. The van der Waals surface area contributed by atoms with Gasteiger partial charge in [-0.1, -0.05) is 41.4 Å². The second kappa shape index (κ2) is 11.8. The number of benzene rings is 3. The predicted molar refractivity (Wildman–Crippen MR) is 127 cm³/mol. The van der Waals surface area contributed by atoms with Gasteiger partial charge < -0.3 is 14.8 Å². The minimum Gasteiger partial charge on any atom is -0.457 e. The second-order valence-corrected chi connectivity index (χ2v) is 7.80. The number of anilines is 1. The van der Waals surface area contributed by atoms with Gasteiger partial charge in [0.15, 0.2) is 12.4 Å². The van der Waals surface area contributed by atoms with E-state index in [0.717, 1.165) is 5.56 Å². The fraction of sp³-hybridized carbons (Fsp3) is 0.154. The van der Waals surface area contributed by atoms with Crippen LogP contribution in [0.25, 0.3) is 0 Å². The van der Waals surface area contributed by atoms with Gasteiger partial charge >= 0.3 is 11.9 Å². The van der Waals surface area contributed by atoms with Gasteiger partial charge in [0.25, 0.3) is 0 Å². The van der Waals surface area contributed by atoms with E-state index in [0.29, 0.717) is 21.8 Å². The molecular formula is C26H22ClNO6. The number of ether oxygens (including phenoxy) is 2. The average molecular weight is 480 g/mol. The highest BCUT2D eigenvalue weighted by atomic mass is 35.5. The number of para-hydroxylation sites is 1. The zero-order valence-electron chi connectivity index (χ0n) is 18.4. The maximum Gasteiger partial charge on any atom is 0.343 e. The molecule has 0 saturated heterocycles. The number of amides is 1. The van der Waals surface area contributed by atoms with Crippen LogP contribution >= 0.6 is 11.6 Å². The van der Waals surface area contributed by atoms with Crippen molar-refractivity contribution in [3.63, 3.8) is 0 Å². The fourth-order valence-corrected chi connectivity index (χ4v) is 3.04. The van der Waals surface area contributed by atoms with Crippen LogP contribution in [0.4, 0.5) is 5.69 Å². The van der Waals surface area contributed by atoms with E-state index in [4.69, 9.17) is 21.1 Å². The molecule has 0 aromatic heterocycles. The fourth-order valence-electron chi connectivity index (χ4n) is 2.86. The van der Waals surface area contributed by atoms with Gasteiger partial charge in [0.2, 0.25) is 5.91 Å². The number of carbonyl (C=O) groups is 4. The number of hydrogen-bond acceptors (Lipinski definition) is 6. The number of aryl methyl sites for hydroxylation is 1. The molecule has 8 heteroatoms. The number of rotatable bonds is 9. The Morgan fingerprint density at radius 1 is 0.824 bits per heavy atom. The van der Waals surface area contributed by atoms with Crippen molar-refractivity contribution in [2.75, 3.05) is 11.9 Å². The number of hydrogen-bond donors (Lipinski definition) is 1.